The lowest BCUT2D eigenvalue weighted by Gasteiger charge is -2.17. The third-order valence-corrected chi connectivity index (χ3v) is 6.69. The van der Waals surface area contributed by atoms with Crippen LogP contribution in [0.3, 0.4) is 0 Å². The average molecular weight is 396 g/mol. The van der Waals surface area contributed by atoms with Gasteiger partial charge in [0.25, 0.3) is 5.78 Å². The summed E-state index contributed by atoms with van der Waals surface area (Å²) >= 11 is 1.89. The van der Waals surface area contributed by atoms with Gasteiger partial charge in [0.2, 0.25) is 5.91 Å². The molecule has 1 amide bonds. The van der Waals surface area contributed by atoms with Gasteiger partial charge in [-0.3, -0.25) is 4.79 Å². The number of thioether (sulfide) groups is 1. The smallest absolute Gasteiger partial charge is 0.252 e. The minimum Gasteiger partial charge on any atom is -0.342 e. The zero-order valence-electron chi connectivity index (χ0n) is 16.3. The molecule has 0 radical (unpaired) electrons. The number of aryl methyl sites for hydroxylation is 2. The molecule has 1 atom stereocenters. The Balaban J connectivity index is 1.31. The molecule has 0 unspecified atom stereocenters. The fourth-order valence-electron chi connectivity index (χ4n) is 3.83. The monoisotopic (exact) mass is 395 g/mol. The van der Waals surface area contributed by atoms with Crippen molar-refractivity contribution in [3.8, 4) is 0 Å². The topological polar surface area (TPSA) is 63.4 Å². The van der Waals surface area contributed by atoms with Crippen LogP contribution in [-0.4, -0.2) is 49.2 Å². The highest BCUT2D eigenvalue weighted by Crippen LogP contribution is 2.26. The van der Waals surface area contributed by atoms with Gasteiger partial charge in [-0.1, -0.05) is 18.2 Å². The number of carbonyl (C=O) groups is 1. The molecule has 3 heterocycles. The molecule has 28 heavy (non-hydrogen) atoms. The van der Waals surface area contributed by atoms with E-state index in [1.54, 1.807) is 4.52 Å². The first-order valence-electron chi connectivity index (χ1n) is 9.73. The van der Waals surface area contributed by atoms with E-state index in [1.165, 1.54) is 11.2 Å². The van der Waals surface area contributed by atoms with Crippen molar-refractivity contribution in [3.63, 3.8) is 0 Å². The number of amides is 1. The Morgan fingerprint density at radius 3 is 2.89 bits per heavy atom. The molecular weight excluding hydrogens is 370 g/mol. The van der Waals surface area contributed by atoms with Gasteiger partial charge in [0.15, 0.2) is 0 Å². The number of benzene rings is 1. The minimum atomic E-state index is 0.240. The van der Waals surface area contributed by atoms with Crippen LogP contribution < -0.4 is 0 Å². The minimum absolute atomic E-state index is 0.240. The summed E-state index contributed by atoms with van der Waals surface area (Å²) in [5, 5.41) is 4.23. The van der Waals surface area contributed by atoms with Gasteiger partial charge in [-0.25, -0.2) is 9.50 Å². The lowest BCUT2D eigenvalue weighted by atomic mass is 10.1. The first-order chi connectivity index (χ1) is 13.6. The quantitative estimate of drug-likeness (QED) is 0.599. The molecule has 1 aromatic carbocycles. The van der Waals surface area contributed by atoms with Crippen LogP contribution in [-0.2, 0) is 11.2 Å². The molecule has 0 N–H and O–H groups in total. The fourth-order valence-corrected chi connectivity index (χ4v) is 4.88. The number of hydrogen-bond acceptors (Lipinski definition) is 5. The second-order valence-electron chi connectivity index (χ2n) is 7.35. The van der Waals surface area contributed by atoms with Crippen molar-refractivity contribution in [1.29, 1.82) is 0 Å². The maximum atomic E-state index is 12.7. The van der Waals surface area contributed by atoms with Crippen LogP contribution in [0, 0.1) is 19.8 Å². The predicted molar refractivity (Wildman–Crippen MR) is 110 cm³/mol. The van der Waals surface area contributed by atoms with E-state index in [0.717, 1.165) is 42.2 Å². The van der Waals surface area contributed by atoms with E-state index in [9.17, 15) is 4.79 Å². The molecule has 0 spiro atoms. The third kappa shape index (κ3) is 4.04. The van der Waals surface area contributed by atoms with E-state index in [0.29, 0.717) is 24.5 Å². The Morgan fingerprint density at radius 1 is 1.25 bits per heavy atom. The van der Waals surface area contributed by atoms with E-state index < -0.39 is 0 Å². The second-order valence-corrected chi connectivity index (χ2v) is 8.44. The molecular formula is C21H25N5OS. The number of fused-ring (bicyclic) bond motifs is 1. The molecule has 146 valence electrons. The first kappa shape index (κ1) is 18.9. The van der Waals surface area contributed by atoms with Crippen LogP contribution in [0.25, 0.3) is 5.78 Å². The highest BCUT2D eigenvalue weighted by atomic mass is 32.2. The van der Waals surface area contributed by atoms with Gasteiger partial charge in [-0.2, -0.15) is 10.1 Å². The molecule has 4 rings (SSSR count). The summed E-state index contributed by atoms with van der Waals surface area (Å²) < 4.78 is 1.75. The van der Waals surface area contributed by atoms with Crippen molar-refractivity contribution in [2.45, 2.75) is 38.0 Å². The number of aromatic nitrogens is 4. The van der Waals surface area contributed by atoms with Crippen LogP contribution >= 0.6 is 11.8 Å². The number of nitrogens with zero attached hydrogens (tertiary/aromatic N) is 5. The number of hydrogen-bond donors (Lipinski definition) is 0. The SMILES string of the molecule is Cc1nc2ncnn2c(C)c1CCC(=O)N1CC[C@@H](CSc2ccccc2)C1. The highest BCUT2D eigenvalue weighted by molar-refractivity contribution is 7.99. The first-order valence-corrected chi connectivity index (χ1v) is 10.7. The molecule has 2 aromatic heterocycles. The largest absolute Gasteiger partial charge is 0.342 e. The van der Waals surface area contributed by atoms with Gasteiger partial charge >= 0.3 is 0 Å². The molecule has 7 heteroatoms. The maximum Gasteiger partial charge on any atom is 0.252 e. The number of carbonyl (C=O) groups excluding carboxylic acids is 1. The Bertz CT molecular complexity index is 972. The summed E-state index contributed by atoms with van der Waals surface area (Å²) in [4.78, 5) is 24.7. The summed E-state index contributed by atoms with van der Waals surface area (Å²) in [7, 11) is 0. The Hall–Kier alpha value is -2.41. The van der Waals surface area contributed by atoms with E-state index in [-0.39, 0.29) is 5.91 Å². The molecule has 3 aromatic rings. The lowest BCUT2D eigenvalue weighted by Crippen LogP contribution is -2.29. The van der Waals surface area contributed by atoms with E-state index in [2.05, 4.69) is 39.3 Å². The van der Waals surface area contributed by atoms with Crippen LogP contribution in [0.4, 0.5) is 0 Å². The molecule has 1 fully saturated rings. The summed E-state index contributed by atoms with van der Waals surface area (Å²) in [6.45, 7) is 5.74. The zero-order chi connectivity index (χ0) is 19.5. The van der Waals surface area contributed by atoms with Crippen LogP contribution in [0.15, 0.2) is 41.6 Å². The van der Waals surface area contributed by atoms with E-state index in [4.69, 9.17) is 0 Å². The summed E-state index contributed by atoms with van der Waals surface area (Å²) in [6, 6.07) is 10.5. The molecule has 1 aliphatic heterocycles. The van der Waals surface area contributed by atoms with E-state index >= 15 is 0 Å². The van der Waals surface area contributed by atoms with Crippen LogP contribution in [0.2, 0.25) is 0 Å². The van der Waals surface area contributed by atoms with E-state index in [1.807, 2.05) is 36.6 Å². The van der Waals surface area contributed by atoms with Crippen LogP contribution in [0.1, 0.15) is 29.8 Å². The molecule has 1 saturated heterocycles. The second kappa shape index (κ2) is 8.31. The molecule has 1 aliphatic rings. The number of rotatable bonds is 6. The maximum absolute atomic E-state index is 12.7. The highest BCUT2D eigenvalue weighted by Gasteiger charge is 2.26. The van der Waals surface area contributed by atoms with Crippen molar-refractivity contribution in [2.24, 2.45) is 5.92 Å². The van der Waals surface area contributed by atoms with Gasteiger partial charge in [0.05, 0.1) is 0 Å². The Labute approximate surface area is 169 Å². The summed E-state index contributed by atoms with van der Waals surface area (Å²) in [6.07, 6.45) is 3.82. The van der Waals surface area contributed by atoms with Gasteiger partial charge in [0, 0.05) is 41.5 Å². The molecule has 0 saturated carbocycles. The summed E-state index contributed by atoms with van der Waals surface area (Å²) in [5.74, 6) is 2.50. The van der Waals surface area contributed by atoms with Gasteiger partial charge in [-0.15, -0.1) is 11.8 Å². The third-order valence-electron chi connectivity index (χ3n) is 5.44. The molecule has 0 aliphatic carbocycles. The summed E-state index contributed by atoms with van der Waals surface area (Å²) in [5.41, 5.74) is 3.05. The molecule has 0 bridgehead atoms. The zero-order valence-corrected chi connectivity index (χ0v) is 17.2. The van der Waals surface area contributed by atoms with Gasteiger partial charge in [-0.05, 0) is 50.3 Å². The van der Waals surface area contributed by atoms with Gasteiger partial charge in [0.1, 0.15) is 6.33 Å². The predicted octanol–water partition coefficient (Wildman–Crippen LogP) is 3.31. The van der Waals surface area contributed by atoms with Crippen molar-refractivity contribution in [1.82, 2.24) is 24.5 Å². The van der Waals surface area contributed by atoms with Crippen molar-refractivity contribution in [3.05, 3.63) is 53.6 Å². The lowest BCUT2D eigenvalue weighted by molar-refractivity contribution is -0.130. The average Bonchev–Trinajstić information content (AvgIpc) is 3.36. The fraction of sp³-hybridized carbons (Fsp3) is 0.429. The molecule has 6 nitrogen and oxygen atoms in total. The van der Waals surface area contributed by atoms with Crippen molar-refractivity contribution >= 4 is 23.4 Å². The normalized spacial score (nSPS) is 16.8. The van der Waals surface area contributed by atoms with Crippen LogP contribution in [0.5, 0.6) is 0 Å². The van der Waals surface area contributed by atoms with Crippen molar-refractivity contribution in [2.75, 3.05) is 18.8 Å². The standard InChI is InChI=1S/C21H25N5OS/c1-15-19(16(2)26-21(24-15)22-14-23-26)8-9-20(27)25-11-10-17(12-25)13-28-18-6-4-3-5-7-18/h3-7,14,17H,8-13H2,1-2H3/t17-/m1/s1. The Morgan fingerprint density at radius 2 is 2.07 bits per heavy atom. The van der Waals surface area contributed by atoms with Gasteiger partial charge < -0.3 is 4.90 Å². The number of likely N-dealkylation sites (tertiary alicyclic amines) is 1. The van der Waals surface area contributed by atoms with Crippen molar-refractivity contribution < 1.29 is 4.79 Å². The Kier molecular flexibility index (Phi) is 5.62.